The molecule has 0 aliphatic rings. The Hall–Kier alpha value is -1.62. The second-order valence-electron chi connectivity index (χ2n) is 5.88. The molecule has 0 fully saturated rings. The molecule has 5 nitrogen and oxygen atoms in total. The molecule has 2 rings (SSSR count). The Morgan fingerprint density at radius 2 is 1.36 bits per heavy atom. The third-order valence-corrected chi connectivity index (χ3v) is 4.13. The van der Waals surface area contributed by atoms with Gasteiger partial charge in [0.1, 0.15) is 11.6 Å². The van der Waals surface area contributed by atoms with Crippen LogP contribution in [0.5, 0.6) is 0 Å². The van der Waals surface area contributed by atoms with Crippen LogP contribution < -0.4 is 0 Å². The minimum atomic E-state index is 1.06. The van der Waals surface area contributed by atoms with Gasteiger partial charge in [-0.1, -0.05) is 6.92 Å². The van der Waals surface area contributed by atoms with E-state index in [4.69, 9.17) is 0 Å². The quantitative estimate of drug-likeness (QED) is 0.677. The largest absolute Gasteiger partial charge is 0.335 e. The van der Waals surface area contributed by atoms with Gasteiger partial charge >= 0.3 is 0 Å². The van der Waals surface area contributed by atoms with Gasteiger partial charge in [0.2, 0.25) is 0 Å². The highest BCUT2D eigenvalue weighted by molar-refractivity contribution is 4.89. The van der Waals surface area contributed by atoms with Crippen molar-refractivity contribution < 1.29 is 0 Å². The standard InChI is InChI=1S/C17H29N5/c1-4-9-20(10-5-12-21-14-7-18-16(21)2)11-6-13-22-15-8-19-17(22)3/h7-8,14-15H,4-6,9-13H2,1-3H3. The van der Waals surface area contributed by atoms with Crippen LogP contribution in [0, 0.1) is 13.8 Å². The lowest BCUT2D eigenvalue weighted by atomic mass is 10.3. The molecule has 2 aromatic heterocycles. The van der Waals surface area contributed by atoms with Crippen molar-refractivity contribution in [2.45, 2.75) is 53.1 Å². The normalized spacial score (nSPS) is 11.5. The summed E-state index contributed by atoms with van der Waals surface area (Å²) in [6.07, 6.45) is 11.5. The Morgan fingerprint density at radius 1 is 0.864 bits per heavy atom. The van der Waals surface area contributed by atoms with E-state index in [-0.39, 0.29) is 0 Å². The summed E-state index contributed by atoms with van der Waals surface area (Å²) in [6.45, 7) is 12.0. The maximum atomic E-state index is 4.28. The van der Waals surface area contributed by atoms with Gasteiger partial charge in [-0.3, -0.25) is 0 Å². The van der Waals surface area contributed by atoms with Gasteiger partial charge in [-0.25, -0.2) is 9.97 Å². The number of imidazole rings is 2. The number of rotatable bonds is 10. The van der Waals surface area contributed by atoms with Crippen LogP contribution in [-0.4, -0.2) is 43.6 Å². The molecule has 0 amide bonds. The molecule has 2 aromatic rings. The molecule has 0 unspecified atom stereocenters. The molecular weight excluding hydrogens is 274 g/mol. The van der Waals surface area contributed by atoms with Crippen LogP contribution in [0.25, 0.3) is 0 Å². The van der Waals surface area contributed by atoms with Crippen LogP contribution >= 0.6 is 0 Å². The summed E-state index contributed by atoms with van der Waals surface area (Å²) in [6, 6.07) is 0. The van der Waals surface area contributed by atoms with Gasteiger partial charge in [0.15, 0.2) is 0 Å². The van der Waals surface area contributed by atoms with Gasteiger partial charge in [-0.2, -0.15) is 0 Å². The maximum absolute atomic E-state index is 4.28. The first kappa shape index (κ1) is 16.7. The first-order valence-electron chi connectivity index (χ1n) is 8.38. The summed E-state index contributed by atoms with van der Waals surface area (Å²) >= 11 is 0. The second-order valence-corrected chi connectivity index (χ2v) is 5.88. The monoisotopic (exact) mass is 303 g/mol. The van der Waals surface area contributed by atoms with Crippen molar-refractivity contribution in [1.29, 1.82) is 0 Å². The van der Waals surface area contributed by atoms with Gasteiger partial charge in [-0.15, -0.1) is 0 Å². The van der Waals surface area contributed by atoms with Crippen molar-refractivity contribution in [3.8, 4) is 0 Å². The number of nitrogens with zero attached hydrogens (tertiary/aromatic N) is 5. The van der Waals surface area contributed by atoms with E-state index < -0.39 is 0 Å². The van der Waals surface area contributed by atoms with E-state index in [2.05, 4.69) is 57.2 Å². The van der Waals surface area contributed by atoms with Crippen LogP contribution in [0.1, 0.15) is 37.8 Å². The fourth-order valence-corrected chi connectivity index (χ4v) is 2.86. The molecule has 122 valence electrons. The van der Waals surface area contributed by atoms with Gasteiger partial charge in [0, 0.05) is 37.9 Å². The molecule has 0 spiro atoms. The van der Waals surface area contributed by atoms with E-state index in [0.29, 0.717) is 0 Å². The third kappa shape index (κ3) is 4.98. The van der Waals surface area contributed by atoms with E-state index in [9.17, 15) is 0 Å². The summed E-state index contributed by atoms with van der Waals surface area (Å²) in [5.41, 5.74) is 0. The lowest BCUT2D eigenvalue weighted by molar-refractivity contribution is 0.257. The highest BCUT2D eigenvalue weighted by Gasteiger charge is 2.05. The number of aromatic nitrogens is 4. The Bertz CT molecular complexity index is 496. The summed E-state index contributed by atoms with van der Waals surface area (Å²) in [5, 5.41) is 0. The second kappa shape index (κ2) is 8.73. The van der Waals surface area contributed by atoms with Crippen molar-refractivity contribution >= 4 is 0 Å². The van der Waals surface area contributed by atoms with E-state index in [0.717, 1.165) is 37.8 Å². The summed E-state index contributed by atoms with van der Waals surface area (Å²) in [4.78, 5) is 11.1. The van der Waals surface area contributed by atoms with Crippen LogP contribution in [0.4, 0.5) is 0 Å². The highest BCUT2D eigenvalue weighted by Crippen LogP contribution is 2.03. The molecule has 0 aliphatic carbocycles. The molecule has 0 saturated heterocycles. The number of hydrogen-bond donors (Lipinski definition) is 0. The van der Waals surface area contributed by atoms with Gasteiger partial charge < -0.3 is 14.0 Å². The summed E-state index contributed by atoms with van der Waals surface area (Å²) in [5.74, 6) is 2.22. The Kier molecular flexibility index (Phi) is 6.65. The minimum absolute atomic E-state index is 1.06. The first-order chi connectivity index (χ1) is 10.7. The van der Waals surface area contributed by atoms with E-state index in [1.165, 1.54) is 25.8 Å². The molecule has 0 saturated carbocycles. The zero-order valence-corrected chi connectivity index (χ0v) is 14.2. The van der Waals surface area contributed by atoms with Crippen molar-refractivity contribution in [2.24, 2.45) is 0 Å². The molecule has 22 heavy (non-hydrogen) atoms. The van der Waals surface area contributed by atoms with Crippen LogP contribution in [0.15, 0.2) is 24.8 Å². The highest BCUT2D eigenvalue weighted by atomic mass is 15.1. The summed E-state index contributed by atoms with van der Waals surface area (Å²) in [7, 11) is 0. The SMILES string of the molecule is CCCN(CCCn1ccnc1C)CCCn1ccnc1C. The van der Waals surface area contributed by atoms with E-state index in [1.807, 2.05) is 12.4 Å². The lowest BCUT2D eigenvalue weighted by Gasteiger charge is -2.22. The van der Waals surface area contributed by atoms with Crippen LogP contribution in [0.2, 0.25) is 0 Å². The van der Waals surface area contributed by atoms with Crippen molar-refractivity contribution in [3.05, 3.63) is 36.4 Å². The third-order valence-electron chi connectivity index (χ3n) is 4.13. The first-order valence-corrected chi connectivity index (χ1v) is 8.38. The molecule has 0 aliphatic heterocycles. The Morgan fingerprint density at radius 3 is 1.73 bits per heavy atom. The number of hydrogen-bond acceptors (Lipinski definition) is 3. The lowest BCUT2D eigenvalue weighted by Crippen LogP contribution is -2.28. The zero-order chi connectivity index (χ0) is 15.8. The van der Waals surface area contributed by atoms with Crippen LogP contribution in [0.3, 0.4) is 0 Å². The molecular formula is C17H29N5. The fourth-order valence-electron chi connectivity index (χ4n) is 2.86. The van der Waals surface area contributed by atoms with Crippen molar-refractivity contribution in [3.63, 3.8) is 0 Å². The topological polar surface area (TPSA) is 38.9 Å². The number of aryl methyl sites for hydroxylation is 4. The predicted molar refractivity (Wildman–Crippen MR) is 89.9 cm³/mol. The molecule has 5 heteroatoms. The predicted octanol–water partition coefficient (Wildman–Crippen LogP) is 2.89. The van der Waals surface area contributed by atoms with Crippen LogP contribution in [-0.2, 0) is 13.1 Å². The average molecular weight is 303 g/mol. The van der Waals surface area contributed by atoms with Gasteiger partial charge in [-0.05, 0) is 52.7 Å². The fraction of sp³-hybridized carbons (Fsp3) is 0.647. The zero-order valence-electron chi connectivity index (χ0n) is 14.2. The molecule has 0 aromatic carbocycles. The molecule has 0 bridgehead atoms. The van der Waals surface area contributed by atoms with E-state index in [1.54, 1.807) is 0 Å². The van der Waals surface area contributed by atoms with Crippen molar-refractivity contribution in [1.82, 2.24) is 24.0 Å². The molecule has 0 radical (unpaired) electrons. The molecule has 0 N–H and O–H groups in total. The average Bonchev–Trinajstić information content (AvgIpc) is 3.08. The van der Waals surface area contributed by atoms with E-state index >= 15 is 0 Å². The maximum Gasteiger partial charge on any atom is 0.105 e. The van der Waals surface area contributed by atoms with Crippen molar-refractivity contribution in [2.75, 3.05) is 19.6 Å². The molecule has 2 heterocycles. The Balaban J connectivity index is 1.70. The Labute approximate surface area is 134 Å². The molecule has 0 atom stereocenters. The minimum Gasteiger partial charge on any atom is -0.335 e. The smallest absolute Gasteiger partial charge is 0.105 e. The van der Waals surface area contributed by atoms with Gasteiger partial charge in [0.25, 0.3) is 0 Å². The van der Waals surface area contributed by atoms with Gasteiger partial charge in [0.05, 0.1) is 0 Å². The summed E-state index contributed by atoms with van der Waals surface area (Å²) < 4.78 is 4.47.